The lowest BCUT2D eigenvalue weighted by Crippen LogP contribution is -2.18. The molecule has 3 aromatic rings. The quantitative estimate of drug-likeness (QED) is 0.483. The van der Waals surface area contributed by atoms with E-state index in [4.69, 9.17) is 11.6 Å². The van der Waals surface area contributed by atoms with E-state index in [2.05, 4.69) is 10.4 Å². The second-order valence-electron chi connectivity index (χ2n) is 6.86. The number of aromatic nitrogens is 2. The Balaban J connectivity index is 1.80. The van der Waals surface area contributed by atoms with E-state index in [1.165, 1.54) is 29.8 Å². The zero-order valence-corrected chi connectivity index (χ0v) is 17.2. The minimum Gasteiger partial charge on any atom is -0.306 e. The van der Waals surface area contributed by atoms with Gasteiger partial charge in [-0.15, -0.1) is 0 Å². The van der Waals surface area contributed by atoms with Gasteiger partial charge in [0.1, 0.15) is 5.82 Å². The predicted octanol–water partition coefficient (Wildman–Crippen LogP) is 3.42. The SMILES string of the molecule is Cc1c(C(=O)Nc2c3c(nn2-c2cccc(Cl)c2)CS(=O)(=O)C3)cccc1[N+](=O)[O-]. The topological polar surface area (TPSA) is 124 Å². The van der Waals surface area contributed by atoms with E-state index >= 15 is 0 Å². The number of nitrogens with zero attached hydrogens (tertiary/aromatic N) is 3. The maximum Gasteiger partial charge on any atom is 0.273 e. The van der Waals surface area contributed by atoms with Crippen molar-refractivity contribution in [2.24, 2.45) is 0 Å². The Morgan fingerprint density at radius 2 is 1.97 bits per heavy atom. The molecule has 154 valence electrons. The van der Waals surface area contributed by atoms with Crippen LogP contribution in [0.15, 0.2) is 42.5 Å². The molecule has 2 aromatic carbocycles. The molecule has 4 rings (SSSR count). The van der Waals surface area contributed by atoms with Crippen LogP contribution in [-0.2, 0) is 21.3 Å². The first kappa shape index (κ1) is 20.0. The number of rotatable bonds is 4. The van der Waals surface area contributed by atoms with Crippen LogP contribution >= 0.6 is 11.6 Å². The first-order chi connectivity index (χ1) is 14.2. The van der Waals surface area contributed by atoms with E-state index in [9.17, 15) is 23.3 Å². The van der Waals surface area contributed by atoms with Crippen LogP contribution in [-0.4, -0.2) is 29.0 Å². The normalized spacial score (nSPS) is 14.3. The monoisotopic (exact) mass is 446 g/mol. The number of nitro groups is 1. The van der Waals surface area contributed by atoms with Gasteiger partial charge in [0.05, 0.1) is 27.8 Å². The second kappa shape index (κ2) is 7.22. The van der Waals surface area contributed by atoms with Crippen molar-refractivity contribution >= 4 is 38.9 Å². The van der Waals surface area contributed by atoms with Crippen LogP contribution in [0.3, 0.4) is 0 Å². The van der Waals surface area contributed by atoms with Gasteiger partial charge >= 0.3 is 0 Å². The van der Waals surface area contributed by atoms with Crippen LogP contribution in [0.2, 0.25) is 5.02 Å². The highest BCUT2D eigenvalue weighted by atomic mass is 35.5. The van der Waals surface area contributed by atoms with Gasteiger partial charge in [0.15, 0.2) is 9.84 Å². The molecular formula is C19H15ClN4O5S. The molecule has 1 amide bonds. The molecule has 9 nitrogen and oxygen atoms in total. The van der Waals surface area contributed by atoms with Crippen LogP contribution < -0.4 is 5.32 Å². The Morgan fingerprint density at radius 3 is 2.67 bits per heavy atom. The number of carbonyl (C=O) groups excluding carboxylic acids is 1. The fourth-order valence-electron chi connectivity index (χ4n) is 3.41. The van der Waals surface area contributed by atoms with Gasteiger partial charge in [0.25, 0.3) is 11.6 Å². The Bertz CT molecular complexity index is 1320. The number of nitro benzene ring substituents is 1. The van der Waals surface area contributed by atoms with Crippen molar-refractivity contribution in [3.05, 3.63) is 80.0 Å². The average Bonchev–Trinajstić information content (AvgIpc) is 3.14. The molecule has 2 heterocycles. The summed E-state index contributed by atoms with van der Waals surface area (Å²) >= 11 is 6.07. The van der Waals surface area contributed by atoms with Gasteiger partial charge < -0.3 is 5.32 Å². The lowest BCUT2D eigenvalue weighted by Gasteiger charge is -2.12. The molecule has 1 aliphatic rings. The van der Waals surface area contributed by atoms with Crippen molar-refractivity contribution in [2.75, 3.05) is 5.32 Å². The molecule has 0 unspecified atom stereocenters. The summed E-state index contributed by atoms with van der Waals surface area (Å²) in [6.45, 7) is 1.48. The zero-order chi connectivity index (χ0) is 21.6. The number of hydrogen-bond acceptors (Lipinski definition) is 6. The van der Waals surface area contributed by atoms with Crippen LogP contribution in [0.4, 0.5) is 11.5 Å². The van der Waals surface area contributed by atoms with Crippen LogP contribution in [0.25, 0.3) is 5.69 Å². The smallest absolute Gasteiger partial charge is 0.273 e. The summed E-state index contributed by atoms with van der Waals surface area (Å²) in [5.41, 5.74) is 1.42. The van der Waals surface area contributed by atoms with Crippen molar-refractivity contribution in [3.63, 3.8) is 0 Å². The molecule has 0 aliphatic carbocycles. The van der Waals surface area contributed by atoms with Crippen LogP contribution in [0, 0.1) is 17.0 Å². The highest BCUT2D eigenvalue weighted by Crippen LogP contribution is 2.34. The van der Waals surface area contributed by atoms with Gasteiger partial charge in [0.2, 0.25) is 0 Å². The first-order valence-corrected chi connectivity index (χ1v) is 11.0. The maximum absolute atomic E-state index is 13.0. The van der Waals surface area contributed by atoms with E-state index < -0.39 is 20.7 Å². The molecule has 0 radical (unpaired) electrons. The summed E-state index contributed by atoms with van der Waals surface area (Å²) in [4.78, 5) is 23.6. The summed E-state index contributed by atoms with van der Waals surface area (Å²) in [7, 11) is -3.36. The fourth-order valence-corrected chi connectivity index (χ4v) is 5.09. The van der Waals surface area contributed by atoms with E-state index in [0.717, 1.165) is 0 Å². The lowest BCUT2D eigenvalue weighted by atomic mass is 10.1. The number of nitrogens with one attached hydrogen (secondary N) is 1. The first-order valence-electron chi connectivity index (χ1n) is 8.79. The summed E-state index contributed by atoms with van der Waals surface area (Å²) < 4.78 is 25.6. The molecule has 0 spiro atoms. The highest BCUT2D eigenvalue weighted by Gasteiger charge is 2.33. The van der Waals surface area contributed by atoms with Crippen molar-refractivity contribution in [3.8, 4) is 5.69 Å². The average molecular weight is 447 g/mol. The molecule has 30 heavy (non-hydrogen) atoms. The van der Waals surface area contributed by atoms with Gasteiger partial charge in [-0.3, -0.25) is 14.9 Å². The van der Waals surface area contributed by atoms with Gasteiger partial charge in [0, 0.05) is 27.8 Å². The molecule has 0 saturated carbocycles. The Morgan fingerprint density at radius 1 is 1.23 bits per heavy atom. The van der Waals surface area contributed by atoms with Crippen molar-refractivity contribution < 1.29 is 18.1 Å². The molecular weight excluding hydrogens is 432 g/mol. The summed E-state index contributed by atoms with van der Waals surface area (Å²) in [6.07, 6.45) is 0. The van der Waals surface area contributed by atoms with Gasteiger partial charge in [-0.2, -0.15) is 5.10 Å². The number of amides is 1. The highest BCUT2D eigenvalue weighted by molar-refractivity contribution is 7.90. The minimum atomic E-state index is -3.36. The third-order valence-corrected chi connectivity index (χ3v) is 6.50. The molecule has 0 bridgehead atoms. The number of fused-ring (bicyclic) bond motifs is 1. The minimum absolute atomic E-state index is 0.109. The van der Waals surface area contributed by atoms with E-state index in [-0.39, 0.29) is 34.1 Å². The Labute approximate surface area is 176 Å². The summed E-state index contributed by atoms with van der Waals surface area (Å²) in [5.74, 6) is -0.892. The maximum atomic E-state index is 13.0. The van der Waals surface area contributed by atoms with Gasteiger partial charge in [-0.05, 0) is 31.2 Å². The largest absolute Gasteiger partial charge is 0.306 e. The summed E-state index contributed by atoms with van der Waals surface area (Å²) in [6, 6.07) is 10.9. The molecule has 0 atom stereocenters. The molecule has 1 aliphatic heterocycles. The number of anilines is 1. The third kappa shape index (κ3) is 3.55. The van der Waals surface area contributed by atoms with Crippen LogP contribution in [0.5, 0.6) is 0 Å². The van der Waals surface area contributed by atoms with Crippen molar-refractivity contribution in [1.82, 2.24) is 9.78 Å². The van der Waals surface area contributed by atoms with E-state index in [1.807, 2.05) is 0 Å². The van der Waals surface area contributed by atoms with E-state index in [1.54, 1.807) is 24.3 Å². The Hall–Kier alpha value is -3.24. The molecule has 1 aromatic heterocycles. The van der Waals surface area contributed by atoms with E-state index in [0.29, 0.717) is 22.0 Å². The number of halogens is 1. The van der Waals surface area contributed by atoms with Crippen molar-refractivity contribution in [2.45, 2.75) is 18.4 Å². The molecule has 0 fully saturated rings. The molecule has 1 N–H and O–H groups in total. The van der Waals surface area contributed by atoms with Crippen LogP contribution in [0.1, 0.15) is 27.2 Å². The standard InChI is InChI=1S/C19H15ClN4O5S/c1-11-14(6-3-7-17(11)24(26)27)19(25)21-18-15-9-30(28,29)10-16(15)22-23(18)13-5-2-4-12(20)8-13/h2-8H,9-10H2,1H3,(H,21,25). The lowest BCUT2D eigenvalue weighted by molar-refractivity contribution is -0.385. The zero-order valence-electron chi connectivity index (χ0n) is 15.6. The fraction of sp³-hybridized carbons (Fsp3) is 0.158. The number of sulfone groups is 1. The predicted molar refractivity (Wildman–Crippen MR) is 111 cm³/mol. The molecule has 0 saturated heterocycles. The number of hydrogen-bond donors (Lipinski definition) is 1. The second-order valence-corrected chi connectivity index (χ2v) is 9.36. The number of carbonyl (C=O) groups is 1. The number of benzene rings is 2. The van der Waals surface area contributed by atoms with Gasteiger partial charge in [-0.1, -0.05) is 23.7 Å². The van der Waals surface area contributed by atoms with Crippen molar-refractivity contribution in [1.29, 1.82) is 0 Å². The Kier molecular flexibility index (Phi) is 4.83. The molecule has 11 heteroatoms. The third-order valence-electron chi connectivity index (χ3n) is 4.82. The summed E-state index contributed by atoms with van der Waals surface area (Å²) in [5, 5.41) is 18.7. The van der Waals surface area contributed by atoms with Gasteiger partial charge in [-0.25, -0.2) is 13.1 Å².